The van der Waals surface area contributed by atoms with Crippen molar-refractivity contribution in [2.75, 3.05) is 6.61 Å². The first-order valence-corrected chi connectivity index (χ1v) is 8.66. The number of hydrogen-bond acceptors (Lipinski definition) is 3. The number of rotatable bonds is 5. The molecule has 1 atom stereocenters. The summed E-state index contributed by atoms with van der Waals surface area (Å²) in [5.74, 6) is -1.86. The number of aliphatic hydroxyl groups is 1. The second-order valence-corrected chi connectivity index (χ2v) is 6.76. The van der Waals surface area contributed by atoms with E-state index in [-0.39, 0.29) is 29.0 Å². The minimum Gasteiger partial charge on any atom is -0.477 e. The van der Waals surface area contributed by atoms with Crippen LogP contribution in [0.25, 0.3) is 10.9 Å². The highest BCUT2D eigenvalue weighted by Gasteiger charge is 2.17. The number of nitrogens with zero attached hydrogens (tertiary/aromatic N) is 1. The molecule has 0 spiro atoms. The predicted octanol–water partition coefficient (Wildman–Crippen LogP) is 3.64. The second kappa shape index (κ2) is 7.50. The van der Waals surface area contributed by atoms with Crippen LogP contribution in [0.15, 0.2) is 47.4 Å². The summed E-state index contributed by atoms with van der Waals surface area (Å²) in [5, 5.41) is 19.0. The van der Waals surface area contributed by atoms with Crippen molar-refractivity contribution < 1.29 is 19.4 Å². The highest BCUT2D eigenvalue weighted by molar-refractivity contribution is 6.30. The number of aliphatic hydroxyl groups excluding tert-OH is 1. The van der Waals surface area contributed by atoms with Crippen molar-refractivity contribution in [1.29, 1.82) is 0 Å². The van der Waals surface area contributed by atoms with Crippen LogP contribution in [-0.4, -0.2) is 27.4 Å². The first-order valence-electron chi connectivity index (χ1n) is 8.28. The summed E-state index contributed by atoms with van der Waals surface area (Å²) >= 11 is 5.81. The third-order valence-electron chi connectivity index (χ3n) is 4.49. The molecule has 0 aliphatic carbocycles. The zero-order valence-electron chi connectivity index (χ0n) is 14.4. The summed E-state index contributed by atoms with van der Waals surface area (Å²) in [7, 11) is 0. The number of carbonyl (C=O) groups is 1. The van der Waals surface area contributed by atoms with Gasteiger partial charge in [-0.05, 0) is 36.2 Å². The molecule has 0 fully saturated rings. The Morgan fingerprint density at radius 2 is 2.04 bits per heavy atom. The fourth-order valence-electron chi connectivity index (χ4n) is 3.02. The molecule has 1 aromatic heterocycles. The number of hydrogen-bond donors (Lipinski definition) is 2. The number of halogens is 2. The van der Waals surface area contributed by atoms with Crippen LogP contribution in [0, 0.1) is 5.82 Å². The van der Waals surface area contributed by atoms with Gasteiger partial charge in [-0.15, -0.1) is 0 Å². The van der Waals surface area contributed by atoms with Gasteiger partial charge in [-0.25, -0.2) is 9.18 Å². The Morgan fingerprint density at radius 3 is 2.70 bits per heavy atom. The van der Waals surface area contributed by atoms with E-state index in [0.29, 0.717) is 16.6 Å². The Kier molecular flexibility index (Phi) is 5.30. The Hall–Kier alpha value is -2.70. The molecule has 0 aliphatic heterocycles. The maximum Gasteiger partial charge on any atom is 0.341 e. The molecule has 2 N–H and O–H groups in total. The predicted molar refractivity (Wildman–Crippen MR) is 101 cm³/mol. The normalized spacial score (nSPS) is 12.3. The summed E-state index contributed by atoms with van der Waals surface area (Å²) in [6.07, 6.45) is 1.44. The van der Waals surface area contributed by atoms with Gasteiger partial charge in [0.1, 0.15) is 11.4 Å². The van der Waals surface area contributed by atoms with Crippen LogP contribution >= 0.6 is 11.6 Å². The summed E-state index contributed by atoms with van der Waals surface area (Å²) in [4.78, 5) is 24.1. The maximum atomic E-state index is 14.2. The van der Waals surface area contributed by atoms with Gasteiger partial charge in [-0.1, -0.05) is 29.8 Å². The Morgan fingerprint density at radius 1 is 1.30 bits per heavy atom. The molecular formula is C20H17ClFNO4. The summed E-state index contributed by atoms with van der Waals surface area (Å²) < 4.78 is 15.7. The van der Waals surface area contributed by atoms with Crippen molar-refractivity contribution in [3.05, 3.63) is 80.3 Å². The molecule has 0 saturated heterocycles. The smallest absolute Gasteiger partial charge is 0.341 e. The Labute approximate surface area is 159 Å². The molecule has 7 heteroatoms. The van der Waals surface area contributed by atoms with Crippen LogP contribution in [0.1, 0.15) is 34.5 Å². The second-order valence-electron chi connectivity index (χ2n) is 6.36. The minimum atomic E-state index is -1.34. The number of benzene rings is 2. The molecule has 1 unspecified atom stereocenters. The quantitative estimate of drug-likeness (QED) is 0.698. The lowest BCUT2D eigenvalue weighted by Gasteiger charge is -2.18. The van der Waals surface area contributed by atoms with E-state index >= 15 is 0 Å². The molecule has 0 radical (unpaired) electrons. The molecule has 1 heterocycles. The third-order valence-corrected chi connectivity index (χ3v) is 4.78. The number of aromatic carboxylic acids is 1. The Bertz CT molecular complexity index is 1090. The van der Waals surface area contributed by atoms with Crippen LogP contribution in [0.5, 0.6) is 0 Å². The monoisotopic (exact) mass is 389 g/mol. The molecule has 0 saturated carbocycles. The largest absolute Gasteiger partial charge is 0.477 e. The molecule has 2 aromatic carbocycles. The fourth-order valence-corrected chi connectivity index (χ4v) is 3.22. The summed E-state index contributed by atoms with van der Waals surface area (Å²) in [6, 6.07) is 9.25. The van der Waals surface area contributed by atoms with Gasteiger partial charge in [-0.2, -0.15) is 0 Å². The maximum absolute atomic E-state index is 14.2. The molecule has 0 amide bonds. The van der Waals surface area contributed by atoms with E-state index in [4.69, 9.17) is 11.6 Å². The van der Waals surface area contributed by atoms with E-state index in [1.54, 1.807) is 41.8 Å². The standard InChI is InChI=1S/C20H17ClFNO4/c1-11(10-24)23-9-15(20(26)27)19(25)14-8-12(5-6-17(14)23)7-13-3-2-4-16(21)18(13)22/h2-6,8-9,11,24H,7,10H2,1H3,(H,26,27). The van der Waals surface area contributed by atoms with Crippen molar-refractivity contribution in [2.45, 2.75) is 19.4 Å². The van der Waals surface area contributed by atoms with Crippen LogP contribution in [0.3, 0.4) is 0 Å². The van der Waals surface area contributed by atoms with Crippen molar-refractivity contribution in [1.82, 2.24) is 4.57 Å². The zero-order chi connectivity index (χ0) is 19.7. The van der Waals surface area contributed by atoms with Crippen molar-refractivity contribution in [3.8, 4) is 0 Å². The summed E-state index contributed by atoms with van der Waals surface area (Å²) in [6.45, 7) is 1.50. The van der Waals surface area contributed by atoms with Gasteiger partial charge in [0.05, 0.1) is 23.2 Å². The first-order chi connectivity index (χ1) is 12.8. The minimum absolute atomic E-state index is 0.0144. The average Bonchev–Trinajstić information content (AvgIpc) is 2.65. The first kappa shape index (κ1) is 19.1. The van der Waals surface area contributed by atoms with Crippen molar-refractivity contribution in [3.63, 3.8) is 0 Å². The zero-order valence-corrected chi connectivity index (χ0v) is 15.2. The van der Waals surface area contributed by atoms with E-state index in [9.17, 15) is 24.2 Å². The molecule has 3 rings (SSSR count). The lowest BCUT2D eigenvalue weighted by molar-refractivity contribution is 0.0694. The molecule has 5 nitrogen and oxygen atoms in total. The molecule has 3 aromatic rings. The van der Waals surface area contributed by atoms with Crippen molar-refractivity contribution >= 4 is 28.5 Å². The lowest BCUT2D eigenvalue weighted by atomic mass is 10.0. The average molecular weight is 390 g/mol. The van der Waals surface area contributed by atoms with Crippen molar-refractivity contribution in [2.24, 2.45) is 0 Å². The fraction of sp³-hybridized carbons (Fsp3) is 0.200. The molecule has 0 bridgehead atoms. The van der Waals surface area contributed by atoms with Crippen LogP contribution in [0.2, 0.25) is 5.02 Å². The van der Waals surface area contributed by atoms with Gasteiger partial charge in [0, 0.05) is 18.0 Å². The number of carboxylic acids is 1. The van der Waals surface area contributed by atoms with Crippen LogP contribution < -0.4 is 5.43 Å². The van der Waals surface area contributed by atoms with E-state index < -0.39 is 23.3 Å². The van der Waals surface area contributed by atoms with Crippen LogP contribution in [0.4, 0.5) is 4.39 Å². The third kappa shape index (κ3) is 3.59. The lowest BCUT2D eigenvalue weighted by Crippen LogP contribution is -2.21. The topological polar surface area (TPSA) is 79.5 Å². The molecule has 0 aliphatic rings. The van der Waals surface area contributed by atoms with Crippen LogP contribution in [-0.2, 0) is 6.42 Å². The number of aromatic nitrogens is 1. The highest BCUT2D eigenvalue weighted by atomic mass is 35.5. The van der Waals surface area contributed by atoms with E-state index in [1.165, 1.54) is 12.3 Å². The van der Waals surface area contributed by atoms with Gasteiger partial charge in [0.25, 0.3) is 0 Å². The van der Waals surface area contributed by atoms with E-state index in [0.717, 1.165) is 0 Å². The van der Waals surface area contributed by atoms with Gasteiger partial charge in [0.15, 0.2) is 0 Å². The highest BCUT2D eigenvalue weighted by Crippen LogP contribution is 2.23. The molecular weight excluding hydrogens is 373 g/mol. The van der Waals surface area contributed by atoms with Gasteiger partial charge < -0.3 is 14.8 Å². The number of fused-ring (bicyclic) bond motifs is 1. The SMILES string of the molecule is CC(CO)n1cc(C(=O)O)c(=O)c2cc(Cc3cccc(Cl)c3F)ccc21. The van der Waals surface area contributed by atoms with E-state index in [1.807, 2.05) is 0 Å². The molecule has 27 heavy (non-hydrogen) atoms. The van der Waals surface area contributed by atoms with E-state index in [2.05, 4.69) is 0 Å². The Balaban J connectivity index is 2.19. The van der Waals surface area contributed by atoms with Gasteiger partial charge in [0.2, 0.25) is 5.43 Å². The number of carboxylic acid groups (broad SMARTS) is 1. The molecule has 140 valence electrons. The number of pyridine rings is 1. The van der Waals surface area contributed by atoms with Gasteiger partial charge in [-0.3, -0.25) is 4.79 Å². The van der Waals surface area contributed by atoms with Gasteiger partial charge >= 0.3 is 5.97 Å². The summed E-state index contributed by atoms with van der Waals surface area (Å²) in [5.41, 5.74) is 0.523.